The van der Waals surface area contributed by atoms with Crippen LogP contribution in [0.4, 0.5) is 0 Å². The minimum Gasteiger partial charge on any atom is -0.396 e. The first-order chi connectivity index (χ1) is 8.16. The van der Waals surface area contributed by atoms with Crippen LogP contribution >= 0.6 is 0 Å². The quantitative estimate of drug-likeness (QED) is 0.791. The maximum atomic E-state index is 8.84. The molecule has 0 bridgehead atoms. The first-order valence-corrected chi connectivity index (χ1v) is 6.58. The van der Waals surface area contributed by atoms with E-state index in [1.54, 1.807) is 0 Å². The zero-order chi connectivity index (χ0) is 12.7. The van der Waals surface area contributed by atoms with Crippen molar-refractivity contribution in [1.29, 1.82) is 0 Å². The average molecular weight is 236 g/mol. The second-order valence-corrected chi connectivity index (χ2v) is 4.92. The molecule has 0 saturated heterocycles. The fourth-order valence-corrected chi connectivity index (χ4v) is 2.41. The van der Waals surface area contributed by atoms with Crippen LogP contribution < -0.4 is 0 Å². The minimum absolute atomic E-state index is 0.112. The number of rotatable bonds is 7. The van der Waals surface area contributed by atoms with E-state index in [4.69, 9.17) is 5.11 Å². The molecule has 3 nitrogen and oxygen atoms in total. The molecule has 1 aromatic rings. The lowest BCUT2D eigenvalue weighted by Crippen LogP contribution is -2.22. The lowest BCUT2D eigenvalue weighted by atomic mass is 9.76. The summed E-state index contributed by atoms with van der Waals surface area (Å²) in [6.07, 6.45) is 9.10. The zero-order valence-corrected chi connectivity index (χ0v) is 11.2. The Labute approximate surface area is 104 Å². The summed E-state index contributed by atoms with van der Waals surface area (Å²) in [7, 11) is 0. The Morgan fingerprint density at radius 2 is 1.65 bits per heavy atom. The highest BCUT2D eigenvalue weighted by atomic mass is 16.3. The first kappa shape index (κ1) is 14.1. The molecule has 1 heterocycles. The van der Waals surface area contributed by atoms with Gasteiger partial charge in [-0.2, -0.15) is 0 Å². The predicted molar refractivity (Wildman–Crippen MR) is 70.0 cm³/mol. The highest BCUT2D eigenvalue weighted by Crippen LogP contribution is 2.32. The third-order valence-electron chi connectivity index (χ3n) is 3.34. The van der Waals surface area contributed by atoms with Crippen molar-refractivity contribution in [1.82, 2.24) is 9.97 Å². The zero-order valence-electron chi connectivity index (χ0n) is 11.2. The maximum absolute atomic E-state index is 8.84. The molecular weight excluding hydrogens is 212 g/mol. The van der Waals surface area contributed by atoms with E-state index in [1.807, 2.05) is 12.4 Å². The van der Waals surface area contributed by atoms with Crippen LogP contribution in [-0.2, 0) is 11.8 Å². The third-order valence-corrected chi connectivity index (χ3v) is 3.34. The Kier molecular flexibility index (Phi) is 5.56. The van der Waals surface area contributed by atoms with Crippen LogP contribution in [0, 0.1) is 0 Å². The summed E-state index contributed by atoms with van der Waals surface area (Å²) in [4.78, 5) is 8.66. The molecule has 1 rings (SSSR count). The summed E-state index contributed by atoms with van der Waals surface area (Å²) in [5, 5.41) is 8.84. The Morgan fingerprint density at radius 3 is 2.06 bits per heavy atom. The molecule has 0 saturated carbocycles. The Morgan fingerprint density at radius 1 is 1.12 bits per heavy atom. The van der Waals surface area contributed by atoms with Crippen LogP contribution in [0.25, 0.3) is 0 Å². The van der Waals surface area contributed by atoms with Crippen LogP contribution in [0.5, 0.6) is 0 Å². The van der Waals surface area contributed by atoms with Crippen molar-refractivity contribution in [3.8, 4) is 0 Å². The van der Waals surface area contributed by atoms with Crippen molar-refractivity contribution < 1.29 is 5.11 Å². The number of aromatic nitrogens is 2. The lowest BCUT2D eigenvalue weighted by Gasteiger charge is -2.29. The molecular formula is C14H24N2O. The number of nitrogens with zero attached hydrogens (tertiary/aromatic N) is 2. The molecule has 1 N–H and O–H groups in total. The summed E-state index contributed by atoms with van der Waals surface area (Å²) < 4.78 is 0. The van der Waals surface area contributed by atoms with Gasteiger partial charge in [0, 0.05) is 18.8 Å². The summed E-state index contributed by atoms with van der Waals surface area (Å²) in [6.45, 7) is 6.84. The SMILES string of the molecule is CCCC(C)(CCC)c1cnc(CCO)nc1. The molecule has 0 fully saturated rings. The molecule has 0 spiro atoms. The van der Waals surface area contributed by atoms with Gasteiger partial charge in [0.2, 0.25) is 0 Å². The lowest BCUT2D eigenvalue weighted by molar-refractivity contribution is 0.296. The first-order valence-electron chi connectivity index (χ1n) is 6.58. The Balaban J connectivity index is 2.87. The Hall–Kier alpha value is -0.960. The smallest absolute Gasteiger partial charge is 0.130 e. The third kappa shape index (κ3) is 3.77. The van der Waals surface area contributed by atoms with Crippen molar-refractivity contribution >= 4 is 0 Å². The number of hydrogen-bond donors (Lipinski definition) is 1. The van der Waals surface area contributed by atoms with Crippen LogP contribution in [-0.4, -0.2) is 21.7 Å². The highest BCUT2D eigenvalue weighted by molar-refractivity contribution is 5.18. The Bertz CT molecular complexity index is 315. The van der Waals surface area contributed by atoms with Gasteiger partial charge in [-0.15, -0.1) is 0 Å². The van der Waals surface area contributed by atoms with Crippen molar-refractivity contribution in [2.45, 2.75) is 58.3 Å². The molecule has 0 aromatic carbocycles. The van der Waals surface area contributed by atoms with Crippen molar-refractivity contribution in [3.63, 3.8) is 0 Å². The molecule has 3 heteroatoms. The van der Waals surface area contributed by atoms with Gasteiger partial charge in [-0.25, -0.2) is 9.97 Å². The van der Waals surface area contributed by atoms with Gasteiger partial charge < -0.3 is 5.11 Å². The molecule has 0 aliphatic carbocycles. The molecule has 0 aliphatic heterocycles. The van der Waals surface area contributed by atoms with Gasteiger partial charge in [0.1, 0.15) is 5.82 Å². The van der Waals surface area contributed by atoms with Gasteiger partial charge in [-0.05, 0) is 23.8 Å². The van der Waals surface area contributed by atoms with Crippen LogP contribution in [0.2, 0.25) is 0 Å². The van der Waals surface area contributed by atoms with Gasteiger partial charge in [0.15, 0.2) is 0 Å². The topological polar surface area (TPSA) is 46.0 Å². The number of hydrogen-bond acceptors (Lipinski definition) is 3. The van der Waals surface area contributed by atoms with Crippen molar-refractivity contribution in [2.24, 2.45) is 0 Å². The van der Waals surface area contributed by atoms with Gasteiger partial charge >= 0.3 is 0 Å². The summed E-state index contributed by atoms with van der Waals surface area (Å²) in [5.41, 5.74) is 1.42. The van der Waals surface area contributed by atoms with E-state index in [2.05, 4.69) is 30.7 Å². The van der Waals surface area contributed by atoms with Gasteiger partial charge in [-0.3, -0.25) is 0 Å². The fraction of sp³-hybridized carbons (Fsp3) is 0.714. The van der Waals surface area contributed by atoms with Crippen molar-refractivity contribution in [3.05, 3.63) is 23.8 Å². The van der Waals surface area contributed by atoms with E-state index >= 15 is 0 Å². The standard InChI is InChI=1S/C14H24N2O/c1-4-7-14(3,8-5-2)12-10-15-13(6-9-17)16-11-12/h10-11,17H,4-9H2,1-3H3. The van der Waals surface area contributed by atoms with E-state index in [9.17, 15) is 0 Å². The molecule has 0 amide bonds. The van der Waals surface area contributed by atoms with Gasteiger partial charge in [0.25, 0.3) is 0 Å². The second kappa shape index (κ2) is 6.70. The molecule has 0 aliphatic rings. The molecule has 17 heavy (non-hydrogen) atoms. The van der Waals surface area contributed by atoms with E-state index in [0.29, 0.717) is 6.42 Å². The maximum Gasteiger partial charge on any atom is 0.130 e. The number of aliphatic hydroxyl groups excluding tert-OH is 1. The molecule has 96 valence electrons. The molecule has 0 radical (unpaired) electrons. The summed E-state index contributed by atoms with van der Waals surface area (Å²) in [5.74, 6) is 0.728. The highest BCUT2D eigenvalue weighted by Gasteiger charge is 2.25. The van der Waals surface area contributed by atoms with E-state index in [0.717, 1.165) is 5.82 Å². The average Bonchev–Trinajstić information content (AvgIpc) is 2.31. The fourth-order valence-electron chi connectivity index (χ4n) is 2.41. The van der Waals surface area contributed by atoms with Crippen LogP contribution in [0.15, 0.2) is 12.4 Å². The summed E-state index contributed by atoms with van der Waals surface area (Å²) >= 11 is 0. The van der Waals surface area contributed by atoms with E-state index in [1.165, 1.54) is 31.2 Å². The van der Waals surface area contributed by atoms with Crippen LogP contribution in [0.3, 0.4) is 0 Å². The second-order valence-electron chi connectivity index (χ2n) is 4.92. The van der Waals surface area contributed by atoms with Gasteiger partial charge in [0.05, 0.1) is 6.61 Å². The minimum atomic E-state index is 0.112. The summed E-state index contributed by atoms with van der Waals surface area (Å²) in [6, 6.07) is 0. The van der Waals surface area contributed by atoms with E-state index < -0.39 is 0 Å². The van der Waals surface area contributed by atoms with Gasteiger partial charge in [-0.1, -0.05) is 33.6 Å². The monoisotopic (exact) mass is 236 g/mol. The van der Waals surface area contributed by atoms with Crippen LogP contribution in [0.1, 0.15) is 57.8 Å². The molecule has 0 unspecified atom stereocenters. The largest absolute Gasteiger partial charge is 0.396 e. The van der Waals surface area contributed by atoms with E-state index in [-0.39, 0.29) is 12.0 Å². The normalized spacial score (nSPS) is 11.8. The number of aliphatic hydroxyl groups is 1. The van der Waals surface area contributed by atoms with Crippen molar-refractivity contribution in [2.75, 3.05) is 6.61 Å². The predicted octanol–water partition coefficient (Wildman–Crippen LogP) is 2.87. The molecule has 0 atom stereocenters. The molecule has 1 aromatic heterocycles.